The standard InChI is InChI=1S/C16H16ClN3O/c1-3-6-13-15(16(21)20(2)19-13)14-9-11(17)10-7-4-5-8-12(10)18-14/h4-5,7-9,19H,3,6H2,1-2H3. The molecule has 3 rings (SSSR count). The Morgan fingerprint density at radius 1 is 1.33 bits per heavy atom. The Bertz CT molecular complexity index is 864. The van der Waals surface area contributed by atoms with Crippen LogP contribution in [0.5, 0.6) is 0 Å². The van der Waals surface area contributed by atoms with Gasteiger partial charge >= 0.3 is 0 Å². The van der Waals surface area contributed by atoms with Crippen LogP contribution < -0.4 is 5.56 Å². The van der Waals surface area contributed by atoms with Crippen LogP contribution in [0.25, 0.3) is 22.2 Å². The topological polar surface area (TPSA) is 50.7 Å². The Hall–Kier alpha value is -2.07. The van der Waals surface area contributed by atoms with Gasteiger partial charge in [-0.3, -0.25) is 14.6 Å². The first-order valence-electron chi connectivity index (χ1n) is 6.95. The van der Waals surface area contributed by atoms with Gasteiger partial charge in [-0.2, -0.15) is 0 Å². The van der Waals surface area contributed by atoms with Gasteiger partial charge in [0.15, 0.2) is 0 Å². The van der Waals surface area contributed by atoms with E-state index >= 15 is 0 Å². The third-order valence-corrected chi connectivity index (χ3v) is 3.86. The molecule has 0 amide bonds. The quantitative estimate of drug-likeness (QED) is 0.804. The van der Waals surface area contributed by atoms with E-state index in [0.717, 1.165) is 29.4 Å². The summed E-state index contributed by atoms with van der Waals surface area (Å²) in [6, 6.07) is 9.44. The Labute approximate surface area is 127 Å². The van der Waals surface area contributed by atoms with E-state index in [2.05, 4.69) is 17.0 Å². The van der Waals surface area contributed by atoms with Crippen molar-refractivity contribution < 1.29 is 0 Å². The zero-order chi connectivity index (χ0) is 15.0. The van der Waals surface area contributed by atoms with Gasteiger partial charge in [-0.15, -0.1) is 0 Å². The largest absolute Gasteiger partial charge is 0.299 e. The van der Waals surface area contributed by atoms with E-state index in [1.54, 1.807) is 13.1 Å². The summed E-state index contributed by atoms with van der Waals surface area (Å²) in [6.07, 6.45) is 1.76. The van der Waals surface area contributed by atoms with Crippen molar-refractivity contribution in [1.29, 1.82) is 0 Å². The zero-order valence-corrected chi connectivity index (χ0v) is 12.7. The number of para-hydroxylation sites is 1. The van der Waals surface area contributed by atoms with Gasteiger partial charge in [-0.05, 0) is 18.6 Å². The number of nitrogens with zero attached hydrogens (tertiary/aromatic N) is 2. The zero-order valence-electron chi connectivity index (χ0n) is 12.0. The van der Waals surface area contributed by atoms with Gasteiger partial charge in [-0.1, -0.05) is 43.1 Å². The second-order valence-corrected chi connectivity index (χ2v) is 5.49. The minimum atomic E-state index is -0.0719. The molecule has 0 aliphatic heterocycles. The number of hydrogen-bond donors (Lipinski definition) is 1. The number of aromatic amines is 1. The third kappa shape index (κ3) is 2.36. The number of fused-ring (bicyclic) bond motifs is 1. The van der Waals surface area contributed by atoms with Gasteiger partial charge in [0.25, 0.3) is 5.56 Å². The van der Waals surface area contributed by atoms with Crippen LogP contribution in [0.4, 0.5) is 0 Å². The lowest BCUT2D eigenvalue weighted by Gasteiger charge is -2.05. The predicted molar refractivity (Wildman–Crippen MR) is 85.8 cm³/mol. The molecule has 0 unspecified atom stereocenters. The van der Waals surface area contributed by atoms with Crippen molar-refractivity contribution in [2.45, 2.75) is 19.8 Å². The van der Waals surface area contributed by atoms with Crippen LogP contribution in [-0.2, 0) is 13.5 Å². The number of benzene rings is 1. The molecule has 21 heavy (non-hydrogen) atoms. The summed E-state index contributed by atoms with van der Waals surface area (Å²) >= 11 is 6.34. The van der Waals surface area contributed by atoms with Crippen molar-refractivity contribution in [2.24, 2.45) is 7.05 Å². The van der Waals surface area contributed by atoms with Crippen LogP contribution in [0.3, 0.4) is 0 Å². The number of aromatic nitrogens is 3. The second kappa shape index (κ2) is 5.37. The number of nitrogens with one attached hydrogen (secondary N) is 1. The summed E-state index contributed by atoms with van der Waals surface area (Å²) in [5, 5.41) is 4.61. The molecule has 2 heterocycles. The van der Waals surface area contributed by atoms with E-state index in [9.17, 15) is 4.79 Å². The van der Waals surface area contributed by atoms with Gasteiger partial charge in [0, 0.05) is 18.1 Å². The molecule has 0 radical (unpaired) electrons. The summed E-state index contributed by atoms with van der Waals surface area (Å²) in [4.78, 5) is 17.0. The van der Waals surface area contributed by atoms with E-state index in [1.165, 1.54) is 4.68 Å². The molecular weight excluding hydrogens is 286 g/mol. The maximum atomic E-state index is 12.4. The van der Waals surface area contributed by atoms with E-state index in [1.807, 2.05) is 24.3 Å². The summed E-state index contributed by atoms with van der Waals surface area (Å²) in [6.45, 7) is 2.08. The van der Waals surface area contributed by atoms with Crippen LogP contribution >= 0.6 is 11.6 Å². The third-order valence-electron chi connectivity index (χ3n) is 3.54. The van der Waals surface area contributed by atoms with Crippen molar-refractivity contribution in [3.8, 4) is 11.3 Å². The van der Waals surface area contributed by atoms with Crippen molar-refractivity contribution in [2.75, 3.05) is 0 Å². The van der Waals surface area contributed by atoms with Crippen LogP contribution in [0, 0.1) is 0 Å². The molecule has 0 atom stereocenters. The van der Waals surface area contributed by atoms with E-state index in [0.29, 0.717) is 16.3 Å². The summed E-state index contributed by atoms with van der Waals surface area (Å²) in [7, 11) is 1.72. The lowest BCUT2D eigenvalue weighted by Crippen LogP contribution is -2.13. The smallest absolute Gasteiger partial charge is 0.275 e. The molecule has 1 aromatic carbocycles. The molecule has 4 nitrogen and oxygen atoms in total. The molecule has 5 heteroatoms. The first-order valence-corrected chi connectivity index (χ1v) is 7.33. The van der Waals surface area contributed by atoms with Crippen molar-refractivity contribution in [3.05, 3.63) is 51.4 Å². The normalized spacial score (nSPS) is 11.2. The molecule has 0 saturated heterocycles. The molecule has 0 bridgehead atoms. The van der Waals surface area contributed by atoms with E-state index < -0.39 is 0 Å². The Morgan fingerprint density at radius 3 is 2.86 bits per heavy atom. The average Bonchev–Trinajstić information content (AvgIpc) is 2.74. The van der Waals surface area contributed by atoms with Crippen LogP contribution in [0.15, 0.2) is 35.1 Å². The van der Waals surface area contributed by atoms with Crippen molar-refractivity contribution in [3.63, 3.8) is 0 Å². The monoisotopic (exact) mass is 301 g/mol. The Morgan fingerprint density at radius 2 is 2.10 bits per heavy atom. The highest BCUT2D eigenvalue weighted by Crippen LogP contribution is 2.28. The molecular formula is C16H16ClN3O. The minimum Gasteiger partial charge on any atom is -0.299 e. The first-order chi connectivity index (χ1) is 10.1. The number of H-pyrrole nitrogens is 1. The highest BCUT2D eigenvalue weighted by Gasteiger charge is 2.16. The summed E-state index contributed by atoms with van der Waals surface area (Å²) < 4.78 is 1.49. The lowest BCUT2D eigenvalue weighted by molar-refractivity contribution is 0.713. The highest BCUT2D eigenvalue weighted by atomic mass is 35.5. The second-order valence-electron chi connectivity index (χ2n) is 5.09. The number of halogens is 1. The fourth-order valence-corrected chi connectivity index (χ4v) is 2.83. The van der Waals surface area contributed by atoms with Gasteiger partial charge < -0.3 is 0 Å². The number of rotatable bonds is 3. The fraction of sp³-hybridized carbons (Fsp3) is 0.250. The van der Waals surface area contributed by atoms with Gasteiger partial charge in [-0.25, -0.2) is 4.98 Å². The highest BCUT2D eigenvalue weighted by molar-refractivity contribution is 6.35. The molecule has 0 aliphatic rings. The molecule has 2 aromatic heterocycles. The summed E-state index contributed by atoms with van der Waals surface area (Å²) in [5.41, 5.74) is 2.88. The SMILES string of the molecule is CCCc1[nH]n(C)c(=O)c1-c1cc(Cl)c2ccccc2n1. The van der Waals surface area contributed by atoms with Gasteiger partial charge in [0.05, 0.1) is 21.8 Å². The van der Waals surface area contributed by atoms with E-state index in [4.69, 9.17) is 11.6 Å². The maximum Gasteiger partial charge on any atom is 0.275 e. The number of hydrogen-bond acceptors (Lipinski definition) is 2. The van der Waals surface area contributed by atoms with Gasteiger partial charge in [0.1, 0.15) is 0 Å². The molecule has 108 valence electrons. The number of pyridine rings is 1. The minimum absolute atomic E-state index is 0.0719. The summed E-state index contributed by atoms with van der Waals surface area (Å²) in [5.74, 6) is 0. The Kier molecular flexibility index (Phi) is 3.55. The molecule has 0 fully saturated rings. The van der Waals surface area contributed by atoms with Crippen molar-refractivity contribution >= 4 is 22.5 Å². The fourth-order valence-electron chi connectivity index (χ4n) is 2.56. The molecule has 1 N–H and O–H groups in total. The van der Waals surface area contributed by atoms with Crippen LogP contribution in [0.1, 0.15) is 19.0 Å². The first kappa shape index (κ1) is 13.9. The average molecular weight is 302 g/mol. The Balaban J connectivity index is 2.28. The van der Waals surface area contributed by atoms with Gasteiger partial charge in [0.2, 0.25) is 0 Å². The number of aryl methyl sites for hydroxylation is 2. The van der Waals surface area contributed by atoms with E-state index in [-0.39, 0.29) is 5.56 Å². The molecule has 0 saturated carbocycles. The predicted octanol–water partition coefficient (Wildman–Crippen LogP) is 3.53. The van der Waals surface area contributed by atoms with Crippen molar-refractivity contribution in [1.82, 2.24) is 14.8 Å². The van der Waals surface area contributed by atoms with Crippen LogP contribution in [-0.4, -0.2) is 14.8 Å². The lowest BCUT2D eigenvalue weighted by atomic mass is 10.1. The molecule has 0 aliphatic carbocycles. The molecule has 3 aromatic rings. The maximum absolute atomic E-state index is 12.4. The molecule has 0 spiro atoms. The van der Waals surface area contributed by atoms with Crippen LogP contribution in [0.2, 0.25) is 5.02 Å².